The normalized spacial score (nSPS) is 15.0. The predicted octanol–water partition coefficient (Wildman–Crippen LogP) is 3.30. The minimum Gasteiger partial charge on any atom is -0.351 e. The third-order valence-corrected chi connectivity index (χ3v) is 4.20. The number of carbonyl (C=O) groups excluding carboxylic acids is 2. The molecule has 0 radical (unpaired) electrons. The number of anilines is 1. The second kappa shape index (κ2) is 7.29. The monoisotopic (exact) mass is 327 g/mol. The number of benzene rings is 1. The van der Waals surface area contributed by atoms with Crippen molar-refractivity contribution in [3.63, 3.8) is 0 Å². The number of nitrogens with zero attached hydrogens (tertiary/aromatic N) is 1. The molecule has 1 aliphatic carbocycles. The van der Waals surface area contributed by atoms with E-state index in [1.165, 1.54) is 19.3 Å². The molecular formula is C18H21N3O3. The van der Waals surface area contributed by atoms with Gasteiger partial charge in [-0.3, -0.25) is 9.59 Å². The molecule has 2 N–H and O–H groups in total. The minimum atomic E-state index is -0.366. The first-order valence-electron chi connectivity index (χ1n) is 8.27. The van der Waals surface area contributed by atoms with Gasteiger partial charge >= 0.3 is 0 Å². The summed E-state index contributed by atoms with van der Waals surface area (Å²) in [5.41, 5.74) is 1.84. The van der Waals surface area contributed by atoms with Gasteiger partial charge in [-0.15, -0.1) is 0 Å². The van der Waals surface area contributed by atoms with Gasteiger partial charge in [0.25, 0.3) is 11.8 Å². The molecule has 3 rings (SSSR count). The lowest BCUT2D eigenvalue weighted by Crippen LogP contribution is -2.36. The van der Waals surface area contributed by atoms with Crippen molar-refractivity contribution in [1.82, 2.24) is 10.5 Å². The molecule has 6 nitrogen and oxygen atoms in total. The van der Waals surface area contributed by atoms with Crippen LogP contribution in [0.15, 0.2) is 34.9 Å². The molecule has 1 aromatic heterocycles. The van der Waals surface area contributed by atoms with Gasteiger partial charge in [-0.1, -0.05) is 24.4 Å². The van der Waals surface area contributed by atoms with Crippen LogP contribution in [0.4, 0.5) is 5.69 Å². The van der Waals surface area contributed by atoms with E-state index in [0.29, 0.717) is 16.9 Å². The number of rotatable bonds is 4. The zero-order valence-electron chi connectivity index (χ0n) is 13.7. The summed E-state index contributed by atoms with van der Waals surface area (Å²) >= 11 is 0. The van der Waals surface area contributed by atoms with Crippen LogP contribution in [-0.2, 0) is 0 Å². The number of hydrogen-bond acceptors (Lipinski definition) is 4. The van der Waals surface area contributed by atoms with Crippen molar-refractivity contribution < 1.29 is 14.1 Å². The highest BCUT2D eigenvalue weighted by Gasteiger charge is 2.17. The molecule has 1 fully saturated rings. The Balaban J connectivity index is 1.58. The van der Waals surface area contributed by atoms with Crippen LogP contribution >= 0.6 is 0 Å². The molecule has 24 heavy (non-hydrogen) atoms. The third-order valence-electron chi connectivity index (χ3n) is 4.20. The van der Waals surface area contributed by atoms with E-state index in [4.69, 9.17) is 4.52 Å². The van der Waals surface area contributed by atoms with Gasteiger partial charge in [0.15, 0.2) is 0 Å². The maximum Gasteiger partial charge on any atom is 0.294 e. The second-order valence-electron chi connectivity index (χ2n) is 6.17. The van der Waals surface area contributed by atoms with Gasteiger partial charge < -0.3 is 15.2 Å². The van der Waals surface area contributed by atoms with Crippen molar-refractivity contribution in [2.75, 3.05) is 5.32 Å². The lowest BCUT2D eigenvalue weighted by atomic mass is 9.95. The van der Waals surface area contributed by atoms with E-state index in [2.05, 4.69) is 15.8 Å². The molecule has 2 amide bonds. The summed E-state index contributed by atoms with van der Waals surface area (Å²) in [6.45, 7) is 1.75. The van der Waals surface area contributed by atoms with Crippen LogP contribution < -0.4 is 10.6 Å². The molecule has 1 aliphatic rings. The van der Waals surface area contributed by atoms with E-state index in [1.54, 1.807) is 37.3 Å². The van der Waals surface area contributed by atoms with Gasteiger partial charge in [-0.2, -0.15) is 0 Å². The second-order valence-corrected chi connectivity index (χ2v) is 6.17. The first kappa shape index (κ1) is 16.2. The molecule has 2 aromatic rings. The molecule has 1 saturated carbocycles. The Hall–Kier alpha value is -2.63. The van der Waals surface area contributed by atoms with E-state index in [-0.39, 0.29) is 23.6 Å². The molecule has 0 saturated heterocycles. The van der Waals surface area contributed by atoms with Gasteiger partial charge in [0.1, 0.15) is 0 Å². The number of hydrogen-bond donors (Lipinski definition) is 2. The quantitative estimate of drug-likeness (QED) is 0.902. The highest BCUT2D eigenvalue weighted by Crippen LogP contribution is 2.18. The minimum absolute atomic E-state index is 0.0642. The zero-order valence-corrected chi connectivity index (χ0v) is 13.7. The number of carbonyl (C=O) groups is 2. The summed E-state index contributed by atoms with van der Waals surface area (Å²) in [6, 6.07) is 8.67. The summed E-state index contributed by atoms with van der Waals surface area (Å²) in [5.74, 6) is -0.271. The van der Waals surface area contributed by atoms with Crippen LogP contribution in [0.5, 0.6) is 0 Å². The molecule has 6 heteroatoms. The fourth-order valence-electron chi connectivity index (χ4n) is 2.88. The van der Waals surface area contributed by atoms with Crippen molar-refractivity contribution in [1.29, 1.82) is 0 Å². The van der Waals surface area contributed by atoms with E-state index >= 15 is 0 Å². The van der Waals surface area contributed by atoms with Crippen LogP contribution in [0.3, 0.4) is 0 Å². The Labute approximate surface area is 140 Å². The van der Waals surface area contributed by atoms with E-state index < -0.39 is 0 Å². The number of nitrogens with one attached hydrogen (secondary N) is 2. The van der Waals surface area contributed by atoms with Crippen molar-refractivity contribution in [3.8, 4) is 0 Å². The molecule has 0 unspecified atom stereocenters. The number of aromatic nitrogens is 1. The topological polar surface area (TPSA) is 84.2 Å². The molecule has 0 atom stereocenters. The largest absolute Gasteiger partial charge is 0.351 e. The Morgan fingerprint density at radius 1 is 1.08 bits per heavy atom. The fourth-order valence-corrected chi connectivity index (χ4v) is 2.88. The summed E-state index contributed by atoms with van der Waals surface area (Å²) < 4.78 is 4.92. The number of aryl methyl sites for hydroxylation is 1. The van der Waals surface area contributed by atoms with Gasteiger partial charge in [-0.05, 0) is 44.0 Å². The van der Waals surface area contributed by atoms with Gasteiger partial charge in [0.2, 0.25) is 5.76 Å². The Morgan fingerprint density at radius 2 is 1.79 bits per heavy atom. The zero-order chi connectivity index (χ0) is 16.9. The summed E-state index contributed by atoms with van der Waals surface area (Å²) in [7, 11) is 0. The smallest absolute Gasteiger partial charge is 0.294 e. The SMILES string of the molecule is Cc1cc(C(=O)Nc2ccc(C(=O)NC3CCCCC3)cc2)on1. The molecular weight excluding hydrogens is 306 g/mol. The Kier molecular flexibility index (Phi) is 4.93. The molecule has 0 spiro atoms. The van der Waals surface area contributed by atoms with Crippen LogP contribution in [-0.4, -0.2) is 23.0 Å². The fraction of sp³-hybridized carbons (Fsp3) is 0.389. The van der Waals surface area contributed by atoms with E-state index in [1.807, 2.05) is 0 Å². The maximum absolute atomic E-state index is 12.2. The average molecular weight is 327 g/mol. The lowest BCUT2D eigenvalue weighted by Gasteiger charge is -2.22. The molecule has 1 heterocycles. The Bertz CT molecular complexity index is 715. The van der Waals surface area contributed by atoms with Gasteiger partial charge in [0, 0.05) is 23.4 Å². The first-order valence-corrected chi connectivity index (χ1v) is 8.27. The van der Waals surface area contributed by atoms with Crippen molar-refractivity contribution >= 4 is 17.5 Å². The molecule has 126 valence electrons. The van der Waals surface area contributed by atoms with Crippen LogP contribution in [0.25, 0.3) is 0 Å². The predicted molar refractivity (Wildman–Crippen MR) is 90.0 cm³/mol. The first-order chi connectivity index (χ1) is 11.6. The number of amides is 2. The van der Waals surface area contributed by atoms with Crippen LogP contribution in [0.2, 0.25) is 0 Å². The van der Waals surface area contributed by atoms with Crippen molar-refractivity contribution in [3.05, 3.63) is 47.3 Å². The van der Waals surface area contributed by atoms with Gasteiger partial charge in [-0.25, -0.2) is 0 Å². The van der Waals surface area contributed by atoms with Gasteiger partial charge in [0.05, 0.1) is 5.69 Å². The molecule has 0 bridgehead atoms. The summed E-state index contributed by atoms with van der Waals surface area (Å²) in [5, 5.41) is 9.47. The van der Waals surface area contributed by atoms with Crippen molar-refractivity contribution in [2.24, 2.45) is 0 Å². The third kappa shape index (κ3) is 4.01. The maximum atomic E-state index is 12.2. The standard InChI is InChI=1S/C18H21N3O3/c1-12-11-16(24-21-12)18(23)20-15-9-7-13(8-10-15)17(22)19-14-5-3-2-4-6-14/h7-11,14H,2-6H2,1H3,(H,19,22)(H,20,23). The lowest BCUT2D eigenvalue weighted by molar-refractivity contribution is 0.0927. The molecule has 0 aliphatic heterocycles. The highest BCUT2D eigenvalue weighted by molar-refractivity contribution is 6.02. The van der Waals surface area contributed by atoms with Crippen LogP contribution in [0, 0.1) is 6.92 Å². The van der Waals surface area contributed by atoms with Crippen molar-refractivity contribution in [2.45, 2.75) is 45.1 Å². The Morgan fingerprint density at radius 3 is 2.42 bits per heavy atom. The van der Waals surface area contributed by atoms with E-state index in [9.17, 15) is 9.59 Å². The van der Waals surface area contributed by atoms with E-state index in [0.717, 1.165) is 12.8 Å². The average Bonchev–Trinajstić information content (AvgIpc) is 3.03. The summed E-state index contributed by atoms with van der Waals surface area (Å²) in [6.07, 6.45) is 5.71. The molecule has 1 aromatic carbocycles. The highest BCUT2D eigenvalue weighted by atomic mass is 16.5. The van der Waals surface area contributed by atoms with Crippen LogP contribution in [0.1, 0.15) is 58.7 Å². The summed E-state index contributed by atoms with van der Waals surface area (Å²) in [4.78, 5) is 24.2.